The number of nitrogens with one attached hydrogen (secondary N) is 1. The lowest BCUT2D eigenvalue weighted by Crippen LogP contribution is -2.29. The molecular weight excluding hydrogens is 258 g/mol. The monoisotopic (exact) mass is 275 g/mol. The molecule has 1 unspecified atom stereocenters. The fraction of sp³-hybridized carbons (Fsp3) is 0.400. The van der Waals surface area contributed by atoms with E-state index in [0.29, 0.717) is 5.92 Å². The van der Waals surface area contributed by atoms with Crippen LogP contribution in [-0.2, 0) is 6.54 Å². The average Bonchev–Trinajstić information content (AvgIpc) is 2.90. The fourth-order valence-electron chi connectivity index (χ4n) is 2.69. The van der Waals surface area contributed by atoms with Crippen LogP contribution in [0.1, 0.15) is 30.0 Å². The summed E-state index contributed by atoms with van der Waals surface area (Å²) >= 11 is 5.92. The van der Waals surface area contributed by atoms with E-state index >= 15 is 0 Å². The number of piperidine rings is 1. The molecule has 1 aromatic heterocycles. The van der Waals surface area contributed by atoms with E-state index in [4.69, 9.17) is 11.6 Å². The van der Waals surface area contributed by atoms with Crippen molar-refractivity contribution in [3.8, 4) is 0 Å². The third kappa shape index (κ3) is 2.99. The van der Waals surface area contributed by atoms with Gasteiger partial charge in [-0.25, -0.2) is 4.98 Å². The largest absolute Gasteiger partial charge is 0.330 e. The number of imidazole rings is 1. The number of hydrogen-bond donors (Lipinski definition) is 1. The Morgan fingerprint density at radius 1 is 1.32 bits per heavy atom. The van der Waals surface area contributed by atoms with Crippen molar-refractivity contribution in [2.24, 2.45) is 0 Å². The Labute approximate surface area is 118 Å². The Hall–Kier alpha value is -1.32. The van der Waals surface area contributed by atoms with Crippen LogP contribution in [0.3, 0.4) is 0 Å². The molecule has 2 aromatic rings. The minimum absolute atomic E-state index is 0.587. The van der Waals surface area contributed by atoms with Crippen molar-refractivity contribution in [3.05, 3.63) is 53.1 Å². The molecule has 100 valence electrons. The van der Waals surface area contributed by atoms with Crippen molar-refractivity contribution < 1.29 is 0 Å². The molecule has 1 fully saturated rings. The highest BCUT2D eigenvalue weighted by molar-refractivity contribution is 6.30. The number of hydrogen-bond acceptors (Lipinski definition) is 2. The molecular formula is C15H18ClN3. The lowest BCUT2D eigenvalue weighted by molar-refractivity contribution is 0.444. The fourth-order valence-corrected chi connectivity index (χ4v) is 2.82. The first kappa shape index (κ1) is 12.7. The molecule has 0 saturated carbocycles. The van der Waals surface area contributed by atoms with Gasteiger partial charge >= 0.3 is 0 Å². The standard InChI is InChI=1S/C15H18ClN3/c16-14-5-3-12(4-6-14)10-19-11-18-9-15(19)13-2-1-7-17-8-13/h3-6,9,11,13,17H,1-2,7-8,10H2. The van der Waals surface area contributed by atoms with Crippen LogP contribution in [0.25, 0.3) is 0 Å². The molecule has 0 radical (unpaired) electrons. The van der Waals surface area contributed by atoms with E-state index < -0.39 is 0 Å². The number of halogens is 1. The van der Waals surface area contributed by atoms with E-state index in [1.807, 2.05) is 24.7 Å². The second kappa shape index (κ2) is 5.76. The Balaban J connectivity index is 1.77. The summed E-state index contributed by atoms with van der Waals surface area (Å²) in [6.45, 7) is 3.07. The molecule has 19 heavy (non-hydrogen) atoms. The molecule has 2 heterocycles. The summed E-state index contributed by atoms with van der Waals surface area (Å²) in [4.78, 5) is 4.32. The first-order valence-electron chi connectivity index (χ1n) is 6.78. The number of aromatic nitrogens is 2. The number of benzene rings is 1. The Morgan fingerprint density at radius 2 is 2.16 bits per heavy atom. The van der Waals surface area contributed by atoms with Crippen molar-refractivity contribution in [2.75, 3.05) is 13.1 Å². The van der Waals surface area contributed by atoms with E-state index in [1.165, 1.54) is 24.1 Å². The third-order valence-corrected chi connectivity index (χ3v) is 3.98. The molecule has 3 rings (SSSR count). The van der Waals surface area contributed by atoms with Crippen LogP contribution < -0.4 is 5.32 Å². The van der Waals surface area contributed by atoms with Gasteiger partial charge in [0.25, 0.3) is 0 Å². The summed E-state index contributed by atoms with van der Waals surface area (Å²) in [6.07, 6.45) is 6.43. The summed E-state index contributed by atoms with van der Waals surface area (Å²) in [5, 5.41) is 4.25. The van der Waals surface area contributed by atoms with Gasteiger partial charge in [-0.1, -0.05) is 23.7 Å². The highest BCUT2D eigenvalue weighted by Gasteiger charge is 2.18. The van der Waals surface area contributed by atoms with Crippen molar-refractivity contribution in [1.82, 2.24) is 14.9 Å². The van der Waals surface area contributed by atoms with Crippen LogP contribution in [0.15, 0.2) is 36.8 Å². The van der Waals surface area contributed by atoms with Crippen molar-refractivity contribution in [3.63, 3.8) is 0 Å². The maximum Gasteiger partial charge on any atom is 0.0951 e. The van der Waals surface area contributed by atoms with Crippen LogP contribution >= 0.6 is 11.6 Å². The highest BCUT2D eigenvalue weighted by atomic mass is 35.5. The summed E-state index contributed by atoms with van der Waals surface area (Å²) in [5.41, 5.74) is 2.59. The maximum absolute atomic E-state index is 5.92. The highest BCUT2D eigenvalue weighted by Crippen LogP contribution is 2.23. The molecule has 0 spiro atoms. The molecule has 1 aliphatic rings. The first-order valence-corrected chi connectivity index (χ1v) is 7.16. The van der Waals surface area contributed by atoms with E-state index in [-0.39, 0.29) is 0 Å². The van der Waals surface area contributed by atoms with Gasteiger partial charge in [-0.05, 0) is 37.1 Å². The van der Waals surface area contributed by atoms with E-state index in [1.54, 1.807) is 0 Å². The molecule has 1 N–H and O–H groups in total. The minimum atomic E-state index is 0.587. The normalized spacial score (nSPS) is 19.5. The lowest BCUT2D eigenvalue weighted by Gasteiger charge is -2.23. The van der Waals surface area contributed by atoms with Crippen LogP contribution in [0.2, 0.25) is 5.02 Å². The Morgan fingerprint density at radius 3 is 2.89 bits per heavy atom. The van der Waals surface area contributed by atoms with Gasteiger partial charge in [-0.15, -0.1) is 0 Å². The van der Waals surface area contributed by atoms with Gasteiger partial charge in [0.1, 0.15) is 0 Å². The second-order valence-electron chi connectivity index (χ2n) is 5.12. The summed E-state index contributed by atoms with van der Waals surface area (Å²) in [7, 11) is 0. The first-order chi connectivity index (χ1) is 9.33. The van der Waals surface area contributed by atoms with E-state index in [0.717, 1.165) is 24.7 Å². The topological polar surface area (TPSA) is 29.9 Å². The van der Waals surface area contributed by atoms with Gasteiger partial charge in [0.2, 0.25) is 0 Å². The van der Waals surface area contributed by atoms with Crippen LogP contribution in [0.4, 0.5) is 0 Å². The van der Waals surface area contributed by atoms with Gasteiger partial charge in [0.15, 0.2) is 0 Å². The Kier molecular flexibility index (Phi) is 3.85. The smallest absolute Gasteiger partial charge is 0.0951 e. The van der Waals surface area contributed by atoms with Crippen LogP contribution in [-0.4, -0.2) is 22.6 Å². The van der Waals surface area contributed by atoms with Crippen LogP contribution in [0.5, 0.6) is 0 Å². The van der Waals surface area contributed by atoms with Gasteiger partial charge in [0, 0.05) is 35.9 Å². The molecule has 1 atom stereocenters. The molecule has 3 nitrogen and oxygen atoms in total. The summed E-state index contributed by atoms with van der Waals surface area (Å²) < 4.78 is 2.25. The maximum atomic E-state index is 5.92. The molecule has 1 saturated heterocycles. The lowest BCUT2D eigenvalue weighted by atomic mass is 9.96. The molecule has 1 aromatic carbocycles. The Bertz CT molecular complexity index is 527. The van der Waals surface area contributed by atoms with Crippen molar-refractivity contribution in [1.29, 1.82) is 0 Å². The zero-order chi connectivity index (χ0) is 13.1. The van der Waals surface area contributed by atoms with Gasteiger partial charge < -0.3 is 9.88 Å². The zero-order valence-corrected chi connectivity index (χ0v) is 11.6. The van der Waals surface area contributed by atoms with Crippen molar-refractivity contribution >= 4 is 11.6 Å². The van der Waals surface area contributed by atoms with E-state index in [9.17, 15) is 0 Å². The predicted octanol–water partition coefficient (Wildman–Crippen LogP) is 3.05. The predicted molar refractivity (Wildman–Crippen MR) is 77.6 cm³/mol. The van der Waals surface area contributed by atoms with Gasteiger partial charge in [0.05, 0.1) is 6.33 Å². The van der Waals surface area contributed by atoms with Gasteiger partial charge in [-0.3, -0.25) is 0 Å². The summed E-state index contributed by atoms with van der Waals surface area (Å²) in [5.74, 6) is 0.587. The molecule has 0 aliphatic carbocycles. The van der Waals surface area contributed by atoms with Crippen LogP contribution in [0, 0.1) is 0 Å². The molecule has 0 bridgehead atoms. The third-order valence-electron chi connectivity index (χ3n) is 3.73. The van der Waals surface area contributed by atoms with Gasteiger partial charge in [-0.2, -0.15) is 0 Å². The molecule has 1 aliphatic heterocycles. The molecule has 0 amide bonds. The number of nitrogens with zero attached hydrogens (tertiary/aromatic N) is 2. The quantitative estimate of drug-likeness (QED) is 0.933. The minimum Gasteiger partial charge on any atom is -0.330 e. The van der Waals surface area contributed by atoms with Crippen molar-refractivity contribution in [2.45, 2.75) is 25.3 Å². The zero-order valence-electron chi connectivity index (χ0n) is 10.8. The van der Waals surface area contributed by atoms with E-state index in [2.05, 4.69) is 27.0 Å². The SMILES string of the molecule is Clc1ccc(Cn2cncc2C2CCCNC2)cc1. The molecule has 4 heteroatoms. The summed E-state index contributed by atoms with van der Waals surface area (Å²) in [6, 6.07) is 8.03. The second-order valence-corrected chi connectivity index (χ2v) is 5.55. The number of rotatable bonds is 3. The average molecular weight is 276 g/mol.